The molecule has 19 heavy (non-hydrogen) atoms. The molecule has 0 bridgehead atoms. The highest BCUT2D eigenvalue weighted by Crippen LogP contribution is 2.44. The highest BCUT2D eigenvalue weighted by atomic mass is 16.5. The van der Waals surface area contributed by atoms with Crippen LogP contribution >= 0.6 is 0 Å². The zero-order valence-electron chi connectivity index (χ0n) is 10.8. The van der Waals surface area contributed by atoms with Gasteiger partial charge in [0.1, 0.15) is 5.75 Å². The van der Waals surface area contributed by atoms with Crippen LogP contribution in [0.5, 0.6) is 5.75 Å². The maximum absolute atomic E-state index is 12.4. The normalized spacial score (nSPS) is 25.8. The number of rotatable bonds is 2. The van der Waals surface area contributed by atoms with E-state index < -0.39 is 0 Å². The number of carbonyl (C=O) groups is 2. The minimum atomic E-state index is -0.154. The molecule has 100 valence electrons. The van der Waals surface area contributed by atoms with E-state index >= 15 is 0 Å². The van der Waals surface area contributed by atoms with Crippen LogP contribution in [0.3, 0.4) is 0 Å². The molecule has 2 aliphatic rings. The fraction of sp³-hybridized carbons (Fsp3) is 0.429. The molecule has 2 atom stereocenters. The number of nitrogens with two attached hydrogens (primary N) is 1. The molecule has 1 aromatic carbocycles. The molecule has 1 saturated carbocycles. The van der Waals surface area contributed by atoms with Gasteiger partial charge in [-0.15, -0.1) is 0 Å². The number of imide groups is 1. The first kappa shape index (κ1) is 12.0. The van der Waals surface area contributed by atoms with Crippen LogP contribution in [0.1, 0.15) is 19.3 Å². The van der Waals surface area contributed by atoms with Crippen LogP contribution in [0.25, 0.3) is 0 Å². The number of hydrogen-bond acceptors (Lipinski definition) is 4. The molecule has 5 heteroatoms. The summed E-state index contributed by atoms with van der Waals surface area (Å²) < 4.78 is 5.23. The smallest absolute Gasteiger partial charge is 0.237 e. The largest absolute Gasteiger partial charge is 0.495 e. The Morgan fingerprint density at radius 3 is 2.42 bits per heavy atom. The lowest BCUT2D eigenvalue weighted by atomic mass is 10.00. The Balaban J connectivity index is 2.05. The fourth-order valence-electron chi connectivity index (χ4n) is 3.11. The van der Waals surface area contributed by atoms with Crippen molar-refractivity contribution in [2.24, 2.45) is 11.8 Å². The fourth-order valence-corrected chi connectivity index (χ4v) is 3.11. The lowest BCUT2D eigenvalue weighted by molar-refractivity contribution is -0.122. The summed E-state index contributed by atoms with van der Waals surface area (Å²) in [5.41, 5.74) is 6.72. The summed E-state index contributed by atoms with van der Waals surface area (Å²) in [6.07, 6.45) is 2.56. The minimum Gasteiger partial charge on any atom is -0.495 e. The molecule has 1 aliphatic carbocycles. The monoisotopic (exact) mass is 260 g/mol. The van der Waals surface area contributed by atoms with Crippen LogP contribution in [0.15, 0.2) is 18.2 Å². The van der Waals surface area contributed by atoms with Crippen LogP contribution in [0, 0.1) is 11.8 Å². The van der Waals surface area contributed by atoms with Gasteiger partial charge in [0.15, 0.2) is 0 Å². The first-order valence-electron chi connectivity index (χ1n) is 6.45. The van der Waals surface area contributed by atoms with Crippen molar-refractivity contribution in [2.45, 2.75) is 19.3 Å². The Bertz CT molecular complexity index is 534. The highest BCUT2D eigenvalue weighted by molar-refractivity contribution is 6.23. The standard InChI is InChI=1S/C14H16N2O3/c1-19-12-6-5-8(15)7-11(12)16-13(17)9-3-2-4-10(9)14(16)18/h5-7,9-10H,2-4,15H2,1H3. The third-order valence-electron chi connectivity index (χ3n) is 4.03. The molecule has 2 amide bonds. The summed E-state index contributed by atoms with van der Waals surface area (Å²) in [4.78, 5) is 26.0. The predicted molar refractivity (Wildman–Crippen MR) is 70.7 cm³/mol. The zero-order chi connectivity index (χ0) is 13.6. The Morgan fingerprint density at radius 1 is 1.21 bits per heavy atom. The van der Waals surface area contributed by atoms with Gasteiger partial charge in [-0.1, -0.05) is 6.42 Å². The van der Waals surface area contributed by atoms with E-state index in [-0.39, 0.29) is 23.7 Å². The molecule has 2 unspecified atom stereocenters. The Labute approximate surface area is 111 Å². The SMILES string of the molecule is COc1ccc(N)cc1N1C(=O)C2CCCC2C1=O. The first-order chi connectivity index (χ1) is 9.13. The number of hydrogen-bond donors (Lipinski definition) is 1. The second-order valence-corrected chi connectivity index (χ2v) is 5.09. The number of ether oxygens (including phenoxy) is 1. The van der Waals surface area contributed by atoms with E-state index in [1.54, 1.807) is 18.2 Å². The van der Waals surface area contributed by atoms with Gasteiger partial charge in [0.05, 0.1) is 24.6 Å². The predicted octanol–water partition coefficient (Wildman–Crippen LogP) is 1.57. The van der Waals surface area contributed by atoms with Crippen molar-refractivity contribution in [1.82, 2.24) is 0 Å². The Kier molecular flexibility index (Phi) is 2.69. The summed E-state index contributed by atoms with van der Waals surface area (Å²) in [5.74, 6) is -0.0408. The number of fused-ring (bicyclic) bond motifs is 1. The molecule has 1 saturated heterocycles. The van der Waals surface area contributed by atoms with Gasteiger partial charge >= 0.3 is 0 Å². The molecule has 2 N–H and O–H groups in total. The van der Waals surface area contributed by atoms with E-state index in [2.05, 4.69) is 0 Å². The van der Waals surface area contributed by atoms with E-state index in [4.69, 9.17) is 10.5 Å². The van der Waals surface area contributed by atoms with Crippen LogP contribution in [-0.2, 0) is 9.59 Å². The van der Waals surface area contributed by atoms with E-state index in [0.717, 1.165) is 19.3 Å². The molecule has 5 nitrogen and oxygen atoms in total. The number of benzene rings is 1. The molecule has 1 aliphatic heterocycles. The molecule has 0 radical (unpaired) electrons. The van der Waals surface area contributed by atoms with Crippen molar-refractivity contribution in [3.05, 3.63) is 18.2 Å². The van der Waals surface area contributed by atoms with Crippen LogP contribution in [0.4, 0.5) is 11.4 Å². The van der Waals surface area contributed by atoms with Crippen molar-refractivity contribution in [2.75, 3.05) is 17.7 Å². The minimum absolute atomic E-state index is 0.114. The number of carbonyl (C=O) groups excluding carboxylic acids is 2. The summed E-state index contributed by atoms with van der Waals surface area (Å²) in [6, 6.07) is 4.99. The maximum Gasteiger partial charge on any atom is 0.237 e. The van der Waals surface area contributed by atoms with Gasteiger partial charge in [-0.25, -0.2) is 4.90 Å². The Hall–Kier alpha value is -2.04. The van der Waals surface area contributed by atoms with Crippen molar-refractivity contribution in [3.63, 3.8) is 0 Å². The topological polar surface area (TPSA) is 72.6 Å². The van der Waals surface area contributed by atoms with E-state index in [0.29, 0.717) is 17.1 Å². The van der Waals surface area contributed by atoms with Crippen molar-refractivity contribution >= 4 is 23.2 Å². The van der Waals surface area contributed by atoms with Gasteiger partial charge in [0.25, 0.3) is 0 Å². The molecule has 0 spiro atoms. The molecule has 0 aromatic heterocycles. The number of amides is 2. The average molecular weight is 260 g/mol. The van der Waals surface area contributed by atoms with Gasteiger partial charge in [-0.05, 0) is 31.0 Å². The summed E-state index contributed by atoms with van der Waals surface area (Å²) in [7, 11) is 1.51. The molecular weight excluding hydrogens is 244 g/mol. The second-order valence-electron chi connectivity index (χ2n) is 5.09. The molecule has 3 rings (SSSR count). The lowest BCUT2D eigenvalue weighted by Crippen LogP contribution is -2.32. The number of nitrogens with zero attached hydrogens (tertiary/aromatic N) is 1. The third kappa shape index (κ3) is 1.69. The van der Waals surface area contributed by atoms with E-state index in [9.17, 15) is 9.59 Å². The van der Waals surface area contributed by atoms with Crippen molar-refractivity contribution in [3.8, 4) is 5.75 Å². The number of methoxy groups -OCH3 is 1. The highest BCUT2D eigenvalue weighted by Gasteiger charge is 2.50. The van der Waals surface area contributed by atoms with Gasteiger partial charge in [0.2, 0.25) is 11.8 Å². The van der Waals surface area contributed by atoms with Gasteiger partial charge < -0.3 is 10.5 Å². The molecule has 1 heterocycles. The van der Waals surface area contributed by atoms with Crippen LogP contribution in [0.2, 0.25) is 0 Å². The summed E-state index contributed by atoms with van der Waals surface area (Å²) in [6.45, 7) is 0. The Morgan fingerprint density at radius 2 is 1.84 bits per heavy atom. The van der Waals surface area contributed by atoms with Gasteiger partial charge in [-0.2, -0.15) is 0 Å². The average Bonchev–Trinajstić information content (AvgIpc) is 2.95. The van der Waals surface area contributed by atoms with Crippen molar-refractivity contribution in [1.29, 1.82) is 0 Å². The molecule has 1 aromatic rings. The second kappa shape index (κ2) is 4.26. The number of nitrogen functional groups attached to an aromatic ring is 1. The van der Waals surface area contributed by atoms with Crippen LogP contribution < -0.4 is 15.4 Å². The van der Waals surface area contributed by atoms with E-state index in [1.165, 1.54) is 12.0 Å². The molecule has 2 fully saturated rings. The lowest BCUT2D eigenvalue weighted by Gasteiger charge is -2.19. The quantitative estimate of drug-likeness (QED) is 0.647. The van der Waals surface area contributed by atoms with Crippen molar-refractivity contribution < 1.29 is 14.3 Å². The first-order valence-corrected chi connectivity index (χ1v) is 6.45. The van der Waals surface area contributed by atoms with Gasteiger partial charge in [0, 0.05) is 5.69 Å². The summed E-state index contributed by atoms with van der Waals surface area (Å²) in [5, 5.41) is 0. The van der Waals surface area contributed by atoms with Crippen LogP contribution in [-0.4, -0.2) is 18.9 Å². The third-order valence-corrected chi connectivity index (χ3v) is 4.03. The zero-order valence-corrected chi connectivity index (χ0v) is 10.8. The van der Waals surface area contributed by atoms with Gasteiger partial charge in [-0.3, -0.25) is 9.59 Å². The molecular formula is C14H16N2O3. The summed E-state index contributed by atoms with van der Waals surface area (Å²) >= 11 is 0. The van der Waals surface area contributed by atoms with E-state index in [1.807, 2.05) is 0 Å². The number of anilines is 2. The maximum atomic E-state index is 12.4.